The van der Waals surface area contributed by atoms with Crippen molar-refractivity contribution in [3.63, 3.8) is 0 Å². The van der Waals surface area contributed by atoms with Gasteiger partial charge in [-0.15, -0.1) is 0 Å². The van der Waals surface area contributed by atoms with Crippen molar-refractivity contribution in [3.05, 3.63) is 0 Å². The van der Waals surface area contributed by atoms with Crippen LogP contribution in [0, 0.1) is 5.41 Å². The molecule has 0 radical (unpaired) electrons. The zero-order valence-electron chi connectivity index (χ0n) is 11.0. The smallest absolute Gasteiger partial charge is 0.155 e. The Balaban J connectivity index is 2.57. The quantitative estimate of drug-likeness (QED) is 0.808. The van der Waals surface area contributed by atoms with Crippen molar-refractivity contribution in [3.8, 4) is 0 Å². The van der Waals surface area contributed by atoms with Crippen molar-refractivity contribution in [2.75, 3.05) is 19.3 Å². The standard InChI is InChI=1S/C12H25NO2S/c1-11(2,3)16(14,15)9-8-12(10-13-4)6-5-7-12/h13H,5-10H2,1-4H3. The second-order valence-electron chi connectivity index (χ2n) is 6.07. The maximum Gasteiger partial charge on any atom is 0.155 e. The molecule has 0 aromatic heterocycles. The van der Waals surface area contributed by atoms with Gasteiger partial charge < -0.3 is 5.32 Å². The van der Waals surface area contributed by atoms with Crippen LogP contribution >= 0.6 is 0 Å². The summed E-state index contributed by atoms with van der Waals surface area (Å²) in [5.41, 5.74) is 0.257. The highest BCUT2D eigenvalue weighted by molar-refractivity contribution is 7.92. The molecule has 0 atom stereocenters. The third-order valence-electron chi connectivity index (χ3n) is 3.80. The first kappa shape index (κ1) is 14.0. The molecule has 0 bridgehead atoms. The summed E-state index contributed by atoms with van der Waals surface area (Å²) in [6.07, 6.45) is 4.41. The Kier molecular flexibility index (Phi) is 4.06. The van der Waals surface area contributed by atoms with Gasteiger partial charge in [-0.1, -0.05) is 6.42 Å². The molecule has 3 nitrogen and oxygen atoms in total. The first-order valence-corrected chi connectivity index (χ1v) is 7.75. The lowest BCUT2D eigenvalue weighted by Gasteiger charge is -2.42. The Morgan fingerprint density at radius 2 is 1.81 bits per heavy atom. The highest BCUT2D eigenvalue weighted by Crippen LogP contribution is 2.44. The van der Waals surface area contributed by atoms with Gasteiger partial charge in [0, 0.05) is 6.54 Å². The molecule has 0 saturated heterocycles. The van der Waals surface area contributed by atoms with Crippen molar-refractivity contribution in [2.24, 2.45) is 5.41 Å². The van der Waals surface area contributed by atoms with E-state index < -0.39 is 14.6 Å². The number of rotatable bonds is 5. The lowest BCUT2D eigenvalue weighted by Crippen LogP contribution is -2.41. The van der Waals surface area contributed by atoms with Gasteiger partial charge in [0.05, 0.1) is 10.5 Å². The number of nitrogens with one attached hydrogen (secondary N) is 1. The van der Waals surface area contributed by atoms with Crippen LogP contribution < -0.4 is 5.32 Å². The lowest BCUT2D eigenvalue weighted by molar-refractivity contribution is 0.128. The molecule has 1 N–H and O–H groups in total. The van der Waals surface area contributed by atoms with E-state index in [1.54, 1.807) is 20.8 Å². The highest BCUT2D eigenvalue weighted by atomic mass is 32.2. The van der Waals surface area contributed by atoms with Gasteiger partial charge in [0.15, 0.2) is 9.84 Å². The third-order valence-corrected chi connectivity index (χ3v) is 6.41. The molecule has 0 amide bonds. The number of hydrogen-bond donors (Lipinski definition) is 1. The minimum atomic E-state index is -2.95. The molecule has 1 aliphatic rings. The minimum Gasteiger partial charge on any atom is -0.319 e. The summed E-state index contributed by atoms with van der Waals surface area (Å²) >= 11 is 0. The van der Waals surface area contributed by atoms with E-state index in [1.165, 1.54) is 19.3 Å². The van der Waals surface area contributed by atoms with Crippen LogP contribution in [0.2, 0.25) is 0 Å². The van der Waals surface area contributed by atoms with Crippen LogP contribution in [0.25, 0.3) is 0 Å². The normalized spacial score (nSPS) is 20.5. The van der Waals surface area contributed by atoms with Crippen molar-refractivity contribution in [1.29, 1.82) is 0 Å². The third kappa shape index (κ3) is 2.98. The summed E-state index contributed by atoms with van der Waals surface area (Å²) < 4.78 is 23.4. The summed E-state index contributed by atoms with van der Waals surface area (Å²) in [7, 11) is -1.01. The maximum atomic E-state index is 12.0. The van der Waals surface area contributed by atoms with Crippen molar-refractivity contribution >= 4 is 9.84 Å². The predicted octanol–water partition coefficient (Wildman–Crippen LogP) is 1.98. The fraction of sp³-hybridized carbons (Fsp3) is 1.00. The van der Waals surface area contributed by atoms with Gasteiger partial charge in [0.2, 0.25) is 0 Å². The molecule has 16 heavy (non-hydrogen) atoms. The van der Waals surface area contributed by atoms with Gasteiger partial charge >= 0.3 is 0 Å². The molecule has 0 aromatic carbocycles. The molecule has 96 valence electrons. The molecule has 1 fully saturated rings. The Bertz CT molecular complexity index is 323. The molecule has 0 aromatic rings. The molecule has 0 aliphatic heterocycles. The van der Waals surface area contributed by atoms with Gasteiger partial charge in [0.1, 0.15) is 0 Å². The summed E-state index contributed by atoms with van der Waals surface area (Å²) in [5, 5.41) is 3.19. The summed E-state index contributed by atoms with van der Waals surface area (Å²) in [6, 6.07) is 0. The van der Waals surface area contributed by atoms with Gasteiger partial charge in [-0.05, 0) is 52.5 Å². The summed E-state index contributed by atoms with van der Waals surface area (Å²) in [5.74, 6) is 0.332. The SMILES string of the molecule is CNCC1(CCS(=O)(=O)C(C)(C)C)CCC1. The maximum absolute atomic E-state index is 12.0. The monoisotopic (exact) mass is 247 g/mol. The zero-order valence-corrected chi connectivity index (χ0v) is 11.8. The van der Waals surface area contributed by atoms with Gasteiger partial charge in [-0.2, -0.15) is 0 Å². The fourth-order valence-electron chi connectivity index (χ4n) is 2.22. The van der Waals surface area contributed by atoms with Crippen molar-refractivity contribution in [2.45, 2.75) is 51.2 Å². The Labute approximate surface area is 99.9 Å². The summed E-state index contributed by atoms with van der Waals surface area (Å²) in [4.78, 5) is 0. The highest BCUT2D eigenvalue weighted by Gasteiger charge is 2.39. The van der Waals surface area contributed by atoms with Gasteiger partial charge in [0.25, 0.3) is 0 Å². The van der Waals surface area contributed by atoms with Crippen LogP contribution in [0.4, 0.5) is 0 Å². The Hall–Kier alpha value is -0.0900. The molecule has 1 rings (SSSR count). The minimum absolute atomic E-state index is 0.257. The molecule has 4 heteroatoms. The summed E-state index contributed by atoms with van der Waals surface area (Å²) in [6.45, 7) is 6.31. The van der Waals surface area contributed by atoms with Crippen LogP contribution in [0.1, 0.15) is 46.5 Å². The van der Waals surface area contributed by atoms with Gasteiger partial charge in [-0.25, -0.2) is 8.42 Å². The second-order valence-corrected chi connectivity index (χ2v) is 8.93. The molecule has 0 unspecified atom stereocenters. The molecular formula is C12H25NO2S. The molecule has 0 spiro atoms. The number of sulfone groups is 1. The fourth-order valence-corrected chi connectivity index (χ4v) is 3.54. The van der Waals surface area contributed by atoms with Crippen molar-refractivity contribution in [1.82, 2.24) is 5.32 Å². The van der Waals surface area contributed by atoms with E-state index in [0.29, 0.717) is 5.75 Å². The molecule has 1 saturated carbocycles. The van der Waals surface area contributed by atoms with Crippen LogP contribution in [-0.2, 0) is 9.84 Å². The zero-order chi connectivity index (χ0) is 12.4. The van der Waals surface area contributed by atoms with Crippen LogP contribution in [0.15, 0.2) is 0 Å². The first-order chi connectivity index (χ1) is 7.22. The average Bonchev–Trinajstić information content (AvgIpc) is 2.07. The number of hydrogen-bond acceptors (Lipinski definition) is 3. The lowest BCUT2D eigenvalue weighted by atomic mass is 9.67. The molecule has 0 heterocycles. The average molecular weight is 247 g/mol. The predicted molar refractivity (Wildman–Crippen MR) is 68.4 cm³/mol. The van der Waals surface area contributed by atoms with E-state index in [0.717, 1.165) is 13.0 Å². The van der Waals surface area contributed by atoms with Crippen LogP contribution in [0.3, 0.4) is 0 Å². The van der Waals surface area contributed by atoms with Gasteiger partial charge in [-0.3, -0.25) is 0 Å². The largest absolute Gasteiger partial charge is 0.319 e. The van der Waals surface area contributed by atoms with Crippen LogP contribution in [0.5, 0.6) is 0 Å². The van der Waals surface area contributed by atoms with E-state index in [4.69, 9.17) is 0 Å². The molecular weight excluding hydrogens is 222 g/mol. The second kappa shape index (κ2) is 4.65. The van der Waals surface area contributed by atoms with E-state index in [9.17, 15) is 8.42 Å². The van der Waals surface area contributed by atoms with Crippen molar-refractivity contribution < 1.29 is 8.42 Å². The van der Waals surface area contributed by atoms with E-state index in [2.05, 4.69) is 5.32 Å². The van der Waals surface area contributed by atoms with E-state index >= 15 is 0 Å². The Morgan fingerprint density at radius 3 is 2.12 bits per heavy atom. The molecule has 1 aliphatic carbocycles. The van der Waals surface area contributed by atoms with Crippen LogP contribution in [-0.4, -0.2) is 32.5 Å². The Morgan fingerprint density at radius 1 is 1.25 bits per heavy atom. The van der Waals surface area contributed by atoms with E-state index in [-0.39, 0.29) is 5.41 Å². The van der Waals surface area contributed by atoms with E-state index in [1.807, 2.05) is 7.05 Å². The topological polar surface area (TPSA) is 46.2 Å². The first-order valence-electron chi connectivity index (χ1n) is 6.09.